The van der Waals surface area contributed by atoms with Crippen LogP contribution in [0.5, 0.6) is 0 Å². The summed E-state index contributed by atoms with van der Waals surface area (Å²) in [5.74, 6) is 0.159. The molecule has 1 unspecified atom stereocenters. The molecule has 3 N–H and O–H groups in total. The number of hydrogen-bond acceptors (Lipinski definition) is 2. The van der Waals surface area contributed by atoms with Gasteiger partial charge in [0.15, 0.2) is 0 Å². The van der Waals surface area contributed by atoms with Gasteiger partial charge in [-0.3, -0.25) is 0 Å². The largest absolute Gasteiger partial charge is 0.328 e. The zero-order valence-electron chi connectivity index (χ0n) is 9.21. The molecule has 16 heavy (non-hydrogen) atoms. The predicted octanol–water partition coefficient (Wildman–Crippen LogP) is 2.48. The Labute approximate surface area is 100.0 Å². The first-order valence-electron chi connectivity index (χ1n) is 5.49. The Hall–Kier alpha value is -0.640. The van der Waals surface area contributed by atoms with Crippen LogP contribution in [0.25, 0.3) is 0 Å². The summed E-state index contributed by atoms with van der Waals surface area (Å²) in [7, 11) is 1.91. The summed E-state index contributed by atoms with van der Waals surface area (Å²) >= 11 is 5.78. The smallest absolute Gasteiger partial charge is 0.141 e. The van der Waals surface area contributed by atoms with Crippen LogP contribution in [-0.2, 0) is 0 Å². The molecule has 0 amide bonds. The van der Waals surface area contributed by atoms with E-state index in [1.54, 1.807) is 12.1 Å². The molecule has 1 atom stereocenters. The van der Waals surface area contributed by atoms with Crippen molar-refractivity contribution >= 4 is 11.6 Å². The van der Waals surface area contributed by atoms with E-state index in [2.05, 4.69) is 5.32 Å². The zero-order valence-corrected chi connectivity index (χ0v) is 9.97. The number of hydrogen-bond donors (Lipinski definition) is 2. The van der Waals surface area contributed by atoms with E-state index in [-0.39, 0.29) is 16.9 Å². The van der Waals surface area contributed by atoms with Crippen LogP contribution >= 0.6 is 11.6 Å². The van der Waals surface area contributed by atoms with Crippen molar-refractivity contribution in [1.29, 1.82) is 0 Å². The average Bonchev–Trinajstić information content (AvgIpc) is 2.22. The van der Waals surface area contributed by atoms with E-state index in [1.165, 1.54) is 6.07 Å². The van der Waals surface area contributed by atoms with E-state index in [1.807, 2.05) is 7.05 Å². The van der Waals surface area contributed by atoms with Crippen molar-refractivity contribution in [2.45, 2.75) is 24.9 Å². The SMILES string of the molecule is CNC(c1ccc(F)c(Cl)c1)C1CC(N)C1. The van der Waals surface area contributed by atoms with Crippen LogP contribution in [0.1, 0.15) is 24.4 Å². The van der Waals surface area contributed by atoms with E-state index < -0.39 is 0 Å². The van der Waals surface area contributed by atoms with Gasteiger partial charge >= 0.3 is 0 Å². The quantitative estimate of drug-likeness (QED) is 0.855. The fraction of sp³-hybridized carbons (Fsp3) is 0.500. The van der Waals surface area contributed by atoms with Crippen molar-refractivity contribution in [3.8, 4) is 0 Å². The van der Waals surface area contributed by atoms with E-state index in [0.717, 1.165) is 18.4 Å². The number of halogens is 2. The van der Waals surface area contributed by atoms with Gasteiger partial charge < -0.3 is 11.1 Å². The van der Waals surface area contributed by atoms with Crippen molar-refractivity contribution in [2.24, 2.45) is 11.7 Å². The van der Waals surface area contributed by atoms with Gasteiger partial charge in [-0.05, 0) is 43.5 Å². The first kappa shape index (κ1) is 11.8. The Morgan fingerprint density at radius 1 is 1.50 bits per heavy atom. The Morgan fingerprint density at radius 2 is 2.19 bits per heavy atom. The summed E-state index contributed by atoms with van der Waals surface area (Å²) in [4.78, 5) is 0. The van der Waals surface area contributed by atoms with Gasteiger partial charge in [-0.25, -0.2) is 4.39 Å². The Kier molecular flexibility index (Phi) is 3.47. The van der Waals surface area contributed by atoms with Crippen molar-refractivity contribution in [2.75, 3.05) is 7.05 Å². The molecule has 1 fully saturated rings. The highest BCUT2D eigenvalue weighted by atomic mass is 35.5. The van der Waals surface area contributed by atoms with Gasteiger partial charge in [-0.15, -0.1) is 0 Å². The van der Waals surface area contributed by atoms with Gasteiger partial charge in [0, 0.05) is 12.1 Å². The van der Waals surface area contributed by atoms with E-state index >= 15 is 0 Å². The van der Waals surface area contributed by atoms with E-state index in [9.17, 15) is 4.39 Å². The highest BCUT2D eigenvalue weighted by molar-refractivity contribution is 6.30. The van der Waals surface area contributed by atoms with E-state index in [0.29, 0.717) is 12.0 Å². The summed E-state index contributed by atoms with van der Waals surface area (Å²) < 4.78 is 13.1. The molecule has 1 aliphatic rings. The van der Waals surface area contributed by atoms with Crippen LogP contribution in [0.2, 0.25) is 5.02 Å². The third-order valence-corrected chi connectivity index (χ3v) is 3.59. The second-order valence-electron chi connectivity index (χ2n) is 4.43. The Bertz CT molecular complexity index is 377. The molecule has 2 nitrogen and oxygen atoms in total. The standard InChI is InChI=1S/C12H16ClFN2/c1-16-12(8-4-9(15)5-8)7-2-3-11(14)10(13)6-7/h2-3,6,8-9,12,16H,4-5,15H2,1H3. The van der Waals surface area contributed by atoms with Crippen LogP contribution in [0.15, 0.2) is 18.2 Å². The molecule has 0 radical (unpaired) electrons. The van der Waals surface area contributed by atoms with Crippen LogP contribution in [-0.4, -0.2) is 13.1 Å². The summed E-state index contributed by atoms with van der Waals surface area (Å²) in [6, 6.07) is 5.43. The number of rotatable bonds is 3. The molecular formula is C12H16ClFN2. The van der Waals surface area contributed by atoms with E-state index in [4.69, 9.17) is 17.3 Å². The zero-order chi connectivity index (χ0) is 11.7. The van der Waals surface area contributed by atoms with Crippen LogP contribution in [0, 0.1) is 11.7 Å². The second-order valence-corrected chi connectivity index (χ2v) is 4.84. The third kappa shape index (κ3) is 2.21. The lowest BCUT2D eigenvalue weighted by Gasteiger charge is -2.38. The lowest BCUT2D eigenvalue weighted by molar-refractivity contribution is 0.204. The van der Waals surface area contributed by atoms with Crippen LogP contribution in [0.4, 0.5) is 4.39 Å². The molecule has 2 rings (SSSR count). The molecule has 1 aromatic rings. The number of nitrogens with one attached hydrogen (secondary N) is 1. The van der Waals surface area contributed by atoms with Gasteiger partial charge in [-0.2, -0.15) is 0 Å². The third-order valence-electron chi connectivity index (χ3n) is 3.30. The number of benzene rings is 1. The van der Waals surface area contributed by atoms with Gasteiger partial charge in [0.2, 0.25) is 0 Å². The number of nitrogens with two attached hydrogens (primary N) is 1. The summed E-state index contributed by atoms with van der Waals surface area (Å²) in [5.41, 5.74) is 6.81. The molecule has 0 spiro atoms. The first-order valence-corrected chi connectivity index (χ1v) is 5.87. The molecule has 88 valence electrons. The summed E-state index contributed by atoms with van der Waals surface area (Å²) in [6.45, 7) is 0. The molecule has 0 heterocycles. The lowest BCUT2D eigenvalue weighted by Crippen LogP contribution is -2.42. The average molecular weight is 243 g/mol. The second kappa shape index (κ2) is 4.70. The first-order chi connectivity index (χ1) is 7.61. The minimum Gasteiger partial charge on any atom is -0.328 e. The normalized spacial score (nSPS) is 26.2. The minimum atomic E-state index is -0.370. The minimum absolute atomic E-state index is 0.182. The molecule has 1 aliphatic carbocycles. The Morgan fingerprint density at radius 3 is 2.69 bits per heavy atom. The summed E-state index contributed by atoms with van der Waals surface area (Å²) in [5, 5.41) is 3.43. The molecule has 0 aliphatic heterocycles. The Balaban J connectivity index is 2.17. The maximum atomic E-state index is 13.1. The molecular weight excluding hydrogens is 227 g/mol. The molecule has 0 aromatic heterocycles. The van der Waals surface area contributed by atoms with Gasteiger partial charge in [0.05, 0.1) is 5.02 Å². The fourth-order valence-electron chi connectivity index (χ4n) is 2.36. The van der Waals surface area contributed by atoms with Crippen LogP contribution < -0.4 is 11.1 Å². The van der Waals surface area contributed by atoms with Gasteiger partial charge in [0.25, 0.3) is 0 Å². The highest BCUT2D eigenvalue weighted by Gasteiger charge is 2.33. The molecule has 4 heteroatoms. The molecule has 1 aromatic carbocycles. The highest BCUT2D eigenvalue weighted by Crippen LogP contribution is 2.37. The summed E-state index contributed by atoms with van der Waals surface area (Å²) in [6.07, 6.45) is 2.03. The maximum absolute atomic E-state index is 13.1. The molecule has 1 saturated carbocycles. The molecule has 0 bridgehead atoms. The van der Waals surface area contributed by atoms with Crippen molar-refractivity contribution < 1.29 is 4.39 Å². The maximum Gasteiger partial charge on any atom is 0.141 e. The van der Waals surface area contributed by atoms with Crippen LogP contribution in [0.3, 0.4) is 0 Å². The fourth-order valence-corrected chi connectivity index (χ4v) is 2.55. The predicted molar refractivity (Wildman–Crippen MR) is 63.9 cm³/mol. The van der Waals surface area contributed by atoms with Gasteiger partial charge in [-0.1, -0.05) is 17.7 Å². The molecule has 0 saturated heterocycles. The monoisotopic (exact) mass is 242 g/mol. The lowest BCUT2D eigenvalue weighted by atomic mass is 9.74. The van der Waals surface area contributed by atoms with Crippen molar-refractivity contribution in [1.82, 2.24) is 5.32 Å². The van der Waals surface area contributed by atoms with Gasteiger partial charge in [0.1, 0.15) is 5.82 Å². The van der Waals surface area contributed by atoms with Crippen molar-refractivity contribution in [3.05, 3.63) is 34.6 Å². The topological polar surface area (TPSA) is 38.0 Å². The van der Waals surface area contributed by atoms with Crippen molar-refractivity contribution in [3.63, 3.8) is 0 Å².